The van der Waals surface area contributed by atoms with Crippen LogP contribution in [0.3, 0.4) is 0 Å². The average Bonchev–Trinajstić information content (AvgIpc) is 2.85. The van der Waals surface area contributed by atoms with Gasteiger partial charge in [0.25, 0.3) is 0 Å². The Labute approximate surface area is 155 Å². The van der Waals surface area contributed by atoms with E-state index in [9.17, 15) is 4.79 Å². The number of hydrogen-bond acceptors (Lipinski definition) is 4. The monoisotopic (exact) mass is 366 g/mol. The smallest absolute Gasteiger partial charge is 0.222 e. The molecule has 0 aliphatic rings. The maximum atomic E-state index is 12.0. The second-order valence-corrected chi connectivity index (χ2v) is 5.87. The Hall–Kier alpha value is -1.89. The fourth-order valence-corrected chi connectivity index (χ4v) is 2.63. The zero-order valence-electron chi connectivity index (χ0n) is 15.0. The molecule has 0 radical (unpaired) electrons. The van der Waals surface area contributed by atoms with Gasteiger partial charge in [0.15, 0.2) is 0 Å². The van der Waals surface area contributed by atoms with Gasteiger partial charge in [-0.3, -0.25) is 9.48 Å². The van der Waals surface area contributed by atoms with E-state index in [2.05, 4.69) is 22.5 Å². The molecule has 1 heterocycles. The number of methoxy groups -OCH3 is 1. The molecule has 0 aliphatic heterocycles. The highest BCUT2D eigenvalue weighted by atomic mass is 35.5. The van der Waals surface area contributed by atoms with Crippen molar-refractivity contribution in [1.29, 1.82) is 0 Å². The molecule has 1 unspecified atom stereocenters. The van der Waals surface area contributed by atoms with E-state index in [1.165, 1.54) is 5.56 Å². The van der Waals surface area contributed by atoms with Gasteiger partial charge in [-0.2, -0.15) is 5.10 Å². The number of hydrogen-bond donors (Lipinski definition) is 2. The molecular formula is C18H27ClN4O2. The second kappa shape index (κ2) is 10.2. The van der Waals surface area contributed by atoms with Gasteiger partial charge in [0.1, 0.15) is 0 Å². The molecule has 1 aromatic heterocycles. The predicted molar refractivity (Wildman–Crippen MR) is 101 cm³/mol. The molecule has 0 fully saturated rings. The van der Waals surface area contributed by atoms with Gasteiger partial charge in [-0.25, -0.2) is 0 Å². The fraction of sp³-hybridized carbons (Fsp3) is 0.444. The van der Waals surface area contributed by atoms with Gasteiger partial charge in [-0.15, -0.1) is 12.4 Å². The Morgan fingerprint density at radius 3 is 2.60 bits per heavy atom. The van der Waals surface area contributed by atoms with Crippen LogP contribution >= 0.6 is 12.4 Å². The lowest BCUT2D eigenvalue weighted by molar-refractivity contribution is -0.123. The highest BCUT2D eigenvalue weighted by Crippen LogP contribution is 2.14. The quantitative estimate of drug-likeness (QED) is 0.748. The molecule has 1 amide bonds. The van der Waals surface area contributed by atoms with Crippen LogP contribution in [0.15, 0.2) is 30.3 Å². The van der Waals surface area contributed by atoms with Crippen LogP contribution < -0.4 is 11.1 Å². The van der Waals surface area contributed by atoms with Crippen molar-refractivity contribution in [2.75, 3.05) is 13.7 Å². The molecule has 0 aliphatic carbocycles. The molecule has 0 bridgehead atoms. The zero-order valence-corrected chi connectivity index (χ0v) is 15.8. The Morgan fingerprint density at radius 2 is 2.00 bits per heavy atom. The van der Waals surface area contributed by atoms with Gasteiger partial charge < -0.3 is 15.8 Å². The van der Waals surface area contributed by atoms with E-state index in [0.29, 0.717) is 13.1 Å². The summed E-state index contributed by atoms with van der Waals surface area (Å²) in [6, 6.07) is 10.2. The Balaban J connectivity index is 0.00000312. The number of carbonyl (C=O) groups is 1. The van der Waals surface area contributed by atoms with Crippen molar-refractivity contribution in [3.63, 3.8) is 0 Å². The lowest BCUT2D eigenvalue weighted by Crippen LogP contribution is -2.32. The normalized spacial score (nSPS) is 11.7. The molecular weight excluding hydrogens is 340 g/mol. The van der Waals surface area contributed by atoms with Crippen LogP contribution in [0.5, 0.6) is 0 Å². The number of halogens is 1. The highest BCUT2D eigenvalue weighted by Gasteiger charge is 2.15. The van der Waals surface area contributed by atoms with Gasteiger partial charge in [0.05, 0.1) is 24.8 Å². The minimum Gasteiger partial charge on any atom is -0.380 e. The molecule has 3 N–H and O–H groups in total. The molecule has 2 rings (SSSR count). The molecule has 25 heavy (non-hydrogen) atoms. The lowest BCUT2D eigenvalue weighted by Gasteiger charge is -2.12. The van der Waals surface area contributed by atoms with Crippen LogP contribution in [0, 0.1) is 13.8 Å². The number of carbonyl (C=O) groups excluding carboxylic acids is 1. The Morgan fingerprint density at radius 1 is 1.32 bits per heavy atom. The number of benzene rings is 1. The number of ether oxygens (including phenoxy) is 1. The predicted octanol–water partition coefficient (Wildman–Crippen LogP) is 1.95. The third-order valence-corrected chi connectivity index (χ3v) is 4.18. The molecule has 1 atom stereocenters. The second-order valence-electron chi connectivity index (χ2n) is 5.87. The molecule has 0 saturated heterocycles. The first-order valence-corrected chi connectivity index (χ1v) is 8.11. The van der Waals surface area contributed by atoms with E-state index in [4.69, 9.17) is 10.5 Å². The van der Waals surface area contributed by atoms with Crippen molar-refractivity contribution < 1.29 is 9.53 Å². The van der Waals surface area contributed by atoms with Crippen LogP contribution in [-0.2, 0) is 22.6 Å². The molecule has 0 spiro atoms. The van der Waals surface area contributed by atoms with Crippen molar-refractivity contribution in [3.8, 4) is 0 Å². The van der Waals surface area contributed by atoms with Crippen molar-refractivity contribution in [1.82, 2.24) is 15.1 Å². The number of aryl methyl sites for hydroxylation is 1. The minimum atomic E-state index is -0.243. The van der Waals surface area contributed by atoms with Gasteiger partial charge in [-0.05, 0) is 19.4 Å². The number of nitrogens with one attached hydrogen (secondary N) is 1. The van der Waals surface area contributed by atoms with Crippen LogP contribution in [0.2, 0.25) is 0 Å². The SMILES string of the molecule is COC(CN)CC(=O)NCc1c(C)nn(Cc2ccccc2)c1C.Cl. The van der Waals surface area contributed by atoms with Gasteiger partial charge in [-0.1, -0.05) is 30.3 Å². The first-order chi connectivity index (χ1) is 11.5. The number of rotatable bonds is 8. The van der Waals surface area contributed by atoms with E-state index in [1.807, 2.05) is 36.7 Å². The maximum absolute atomic E-state index is 12.0. The van der Waals surface area contributed by atoms with E-state index in [-0.39, 0.29) is 30.8 Å². The van der Waals surface area contributed by atoms with Crippen LogP contribution in [0.4, 0.5) is 0 Å². The fourth-order valence-electron chi connectivity index (χ4n) is 2.63. The summed E-state index contributed by atoms with van der Waals surface area (Å²) in [5, 5.41) is 7.53. The minimum absolute atomic E-state index is 0. The molecule has 6 nitrogen and oxygen atoms in total. The van der Waals surface area contributed by atoms with E-state index >= 15 is 0 Å². The third-order valence-electron chi connectivity index (χ3n) is 4.18. The first-order valence-electron chi connectivity index (χ1n) is 8.11. The summed E-state index contributed by atoms with van der Waals surface area (Å²) >= 11 is 0. The Kier molecular flexibility index (Phi) is 8.61. The Bertz CT molecular complexity index is 669. The summed E-state index contributed by atoms with van der Waals surface area (Å²) in [5.41, 5.74) is 9.80. The van der Waals surface area contributed by atoms with E-state index in [1.54, 1.807) is 7.11 Å². The van der Waals surface area contributed by atoms with Gasteiger partial charge in [0, 0.05) is 31.5 Å². The summed E-state index contributed by atoms with van der Waals surface area (Å²) in [6.07, 6.45) is 0.0245. The number of amides is 1. The summed E-state index contributed by atoms with van der Waals surface area (Å²) in [7, 11) is 1.56. The van der Waals surface area contributed by atoms with Crippen LogP contribution in [-0.4, -0.2) is 35.4 Å². The number of nitrogens with two attached hydrogens (primary N) is 1. The first kappa shape index (κ1) is 21.2. The maximum Gasteiger partial charge on any atom is 0.222 e. The summed E-state index contributed by atoms with van der Waals surface area (Å²) in [6.45, 7) is 5.51. The number of aromatic nitrogens is 2. The largest absolute Gasteiger partial charge is 0.380 e. The highest BCUT2D eigenvalue weighted by molar-refractivity contribution is 5.85. The topological polar surface area (TPSA) is 82.2 Å². The summed E-state index contributed by atoms with van der Waals surface area (Å²) in [4.78, 5) is 12.0. The third kappa shape index (κ3) is 5.85. The molecule has 7 heteroatoms. The van der Waals surface area contributed by atoms with Crippen LogP contribution in [0.25, 0.3) is 0 Å². The van der Waals surface area contributed by atoms with Crippen molar-refractivity contribution >= 4 is 18.3 Å². The van der Waals surface area contributed by atoms with Crippen molar-refractivity contribution in [2.45, 2.75) is 39.5 Å². The van der Waals surface area contributed by atoms with E-state index in [0.717, 1.165) is 23.5 Å². The van der Waals surface area contributed by atoms with Gasteiger partial charge in [0.2, 0.25) is 5.91 Å². The molecule has 1 aromatic carbocycles. The molecule has 2 aromatic rings. The lowest BCUT2D eigenvalue weighted by atomic mass is 10.1. The molecule has 138 valence electrons. The van der Waals surface area contributed by atoms with Crippen LogP contribution in [0.1, 0.15) is 28.9 Å². The van der Waals surface area contributed by atoms with Gasteiger partial charge >= 0.3 is 0 Å². The summed E-state index contributed by atoms with van der Waals surface area (Å²) < 4.78 is 7.11. The summed E-state index contributed by atoms with van der Waals surface area (Å²) in [5.74, 6) is -0.0677. The average molecular weight is 367 g/mol. The standard InChI is InChI=1S/C18H26N4O2.ClH/c1-13-17(11-20-18(23)9-16(10-19)24-3)14(2)22(21-13)12-15-7-5-4-6-8-15;/h4-8,16H,9-12,19H2,1-3H3,(H,20,23);1H. The number of nitrogens with zero attached hydrogens (tertiary/aromatic N) is 2. The molecule has 0 saturated carbocycles. The van der Waals surface area contributed by atoms with E-state index < -0.39 is 0 Å². The zero-order chi connectivity index (χ0) is 17.5. The van der Waals surface area contributed by atoms with Crippen molar-refractivity contribution in [3.05, 3.63) is 52.8 Å². The van der Waals surface area contributed by atoms with Crippen molar-refractivity contribution in [2.24, 2.45) is 5.73 Å².